The zero-order chi connectivity index (χ0) is 20.5. The molecule has 7 nitrogen and oxygen atoms in total. The molecule has 0 bridgehead atoms. The number of fused-ring (bicyclic) bond motifs is 1. The van der Waals surface area contributed by atoms with E-state index in [0.717, 1.165) is 28.0 Å². The molecular weight excluding hydrogens is 404 g/mol. The molecule has 10 heteroatoms. The summed E-state index contributed by atoms with van der Waals surface area (Å²) in [5.74, 6) is -1.82. The lowest BCUT2D eigenvalue weighted by Gasteiger charge is -2.12. The first-order valence-electron chi connectivity index (χ1n) is 8.42. The Morgan fingerprint density at radius 3 is 2.59 bits per heavy atom. The predicted molar refractivity (Wildman–Crippen MR) is 102 cm³/mol. The van der Waals surface area contributed by atoms with Gasteiger partial charge in [0.15, 0.2) is 0 Å². The number of nitrogens with zero attached hydrogens (tertiary/aromatic N) is 2. The maximum atomic E-state index is 13.6. The Morgan fingerprint density at radius 2 is 1.90 bits per heavy atom. The van der Waals surface area contributed by atoms with Crippen LogP contribution in [0.15, 0.2) is 62.0 Å². The van der Waals surface area contributed by atoms with Crippen LogP contribution in [0.5, 0.6) is 0 Å². The van der Waals surface area contributed by atoms with E-state index < -0.39 is 28.8 Å². The van der Waals surface area contributed by atoms with E-state index in [1.165, 1.54) is 6.26 Å². The molecular formula is C19H13F2N3O4S. The molecule has 3 heterocycles. The molecule has 1 N–H and O–H groups in total. The number of halogens is 2. The van der Waals surface area contributed by atoms with E-state index in [0.29, 0.717) is 16.4 Å². The molecule has 3 aromatic heterocycles. The van der Waals surface area contributed by atoms with Crippen LogP contribution in [-0.2, 0) is 17.9 Å². The Hall–Kier alpha value is -3.53. The molecule has 0 atom stereocenters. The summed E-state index contributed by atoms with van der Waals surface area (Å²) in [7, 11) is 0. The Labute approximate surface area is 165 Å². The van der Waals surface area contributed by atoms with E-state index in [-0.39, 0.29) is 29.0 Å². The van der Waals surface area contributed by atoms with Crippen molar-refractivity contribution in [1.29, 1.82) is 0 Å². The first-order chi connectivity index (χ1) is 13.9. The van der Waals surface area contributed by atoms with Crippen molar-refractivity contribution >= 4 is 27.5 Å². The molecule has 4 rings (SSSR count). The SMILES string of the molecule is O=C(Cn1c(=O)n(-c2cc(F)cc(F)c2)c(=O)c2sccc21)NCc1ccco1. The summed E-state index contributed by atoms with van der Waals surface area (Å²) in [5.41, 5.74) is -1.57. The molecule has 0 aliphatic carbocycles. The lowest BCUT2D eigenvalue weighted by Crippen LogP contribution is -2.41. The third-order valence-electron chi connectivity index (χ3n) is 4.20. The largest absolute Gasteiger partial charge is 0.467 e. The van der Waals surface area contributed by atoms with Crippen molar-refractivity contribution in [1.82, 2.24) is 14.5 Å². The summed E-state index contributed by atoms with van der Waals surface area (Å²) in [5, 5.41) is 4.21. The van der Waals surface area contributed by atoms with Gasteiger partial charge in [0, 0.05) is 6.07 Å². The Morgan fingerprint density at radius 1 is 1.14 bits per heavy atom. The molecule has 0 fully saturated rings. The zero-order valence-electron chi connectivity index (χ0n) is 14.7. The van der Waals surface area contributed by atoms with Gasteiger partial charge in [-0.2, -0.15) is 0 Å². The van der Waals surface area contributed by atoms with E-state index >= 15 is 0 Å². The number of furan rings is 1. The Kier molecular flexibility index (Phi) is 4.85. The Balaban J connectivity index is 1.78. The van der Waals surface area contributed by atoms with Gasteiger partial charge in [-0.25, -0.2) is 18.1 Å². The molecule has 0 saturated heterocycles. The topological polar surface area (TPSA) is 86.2 Å². The summed E-state index contributed by atoms with van der Waals surface area (Å²) in [6.07, 6.45) is 1.47. The van der Waals surface area contributed by atoms with Crippen molar-refractivity contribution in [2.45, 2.75) is 13.1 Å². The van der Waals surface area contributed by atoms with Gasteiger partial charge in [-0.3, -0.25) is 14.2 Å². The van der Waals surface area contributed by atoms with Crippen molar-refractivity contribution in [3.63, 3.8) is 0 Å². The van der Waals surface area contributed by atoms with E-state index in [9.17, 15) is 23.2 Å². The second-order valence-electron chi connectivity index (χ2n) is 6.13. The van der Waals surface area contributed by atoms with Gasteiger partial charge in [-0.15, -0.1) is 11.3 Å². The van der Waals surface area contributed by atoms with Crippen LogP contribution in [0.1, 0.15) is 5.76 Å². The normalized spacial score (nSPS) is 11.1. The quantitative estimate of drug-likeness (QED) is 0.540. The smallest absolute Gasteiger partial charge is 0.336 e. The van der Waals surface area contributed by atoms with Gasteiger partial charge in [0.25, 0.3) is 5.56 Å². The summed E-state index contributed by atoms with van der Waals surface area (Å²) in [6, 6.07) is 7.30. The van der Waals surface area contributed by atoms with Crippen LogP contribution in [-0.4, -0.2) is 15.0 Å². The molecule has 0 radical (unpaired) electrons. The molecule has 0 spiro atoms. The standard InChI is InChI=1S/C19H13F2N3O4S/c20-11-6-12(21)8-13(7-11)24-18(26)17-15(3-5-29-17)23(19(24)27)10-16(25)22-9-14-2-1-4-28-14/h1-8H,9-10H2,(H,22,25). The lowest BCUT2D eigenvalue weighted by atomic mass is 10.3. The molecule has 0 unspecified atom stereocenters. The van der Waals surface area contributed by atoms with Crippen molar-refractivity contribution in [3.05, 3.63) is 86.3 Å². The number of nitrogens with one attached hydrogen (secondary N) is 1. The van der Waals surface area contributed by atoms with Crippen molar-refractivity contribution in [2.75, 3.05) is 0 Å². The highest BCUT2D eigenvalue weighted by Gasteiger charge is 2.18. The third-order valence-corrected chi connectivity index (χ3v) is 5.09. The van der Waals surface area contributed by atoms with Crippen LogP contribution in [0.4, 0.5) is 8.78 Å². The highest BCUT2D eigenvalue weighted by Crippen LogP contribution is 2.17. The van der Waals surface area contributed by atoms with Crippen LogP contribution in [0, 0.1) is 11.6 Å². The average Bonchev–Trinajstić information content (AvgIpc) is 3.34. The van der Waals surface area contributed by atoms with Gasteiger partial charge >= 0.3 is 5.69 Å². The zero-order valence-corrected chi connectivity index (χ0v) is 15.5. The maximum Gasteiger partial charge on any atom is 0.336 e. The minimum absolute atomic E-state index is 0.127. The molecule has 4 aromatic rings. The van der Waals surface area contributed by atoms with Crippen LogP contribution < -0.4 is 16.6 Å². The number of thiophene rings is 1. The monoisotopic (exact) mass is 417 g/mol. The van der Waals surface area contributed by atoms with Crippen LogP contribution >= 0.6 is 11.3 Å². The highest BCUT2D eigenvalue weighted by molar-refractivity contribution is 7.17. The second-order valence-corrected chi connectivity index (χ2v) is 7.04. The molecule has 1 amide bonds. The van der Waals surface area contributed by atoms with Gasteiger partial charge in [0.05, 0.1) is 24.0 Å². The van der Waals surface area contributed by atoms with Gasteiger partial charge < -0.3 is 9.73 Å². The van der Waals surface area contributed by atoms with Gasteiger partial charge in [0.2, 0.25) is 5.91 Å². The van der Waals surface area contributed by atoms with E-state index in [1.807, 2.05) is 0 Å². The minimum Gasteiger partial charge on any atom is -0.467 e. The summed E-state index contributed by atoms with van der Waals surface area (Å²) >= 11 is 1.07. The predicted octanol–water partition coefficient (Wildman–Crippen LogP) is 2.40. The van der Waals surface area contributed by atoms with Crippen molar-refractivity contribution < 1.29 is 18.0 Å². The molecule has 0 aliphatic rings. The number of hydrogen-bond acceptors (Lipinski definition) is 5. The number of carbonyl (C=O) groups excluding carboxylic acids is 1. The fraction of sp³-hybridized carbons (Fsp3) is 0.105. The van der Waals surface area contributed by atoms with Gasteiger partial charge in [-0.05, 0) is 35.7 Å². The third kappa shape index (κ3) is 3.61. The first kappa shape index (κ1) is 18.8. The van der Waals surface area contributed by atoms with Crippen LogP contribution in [0.3, 0.4) is 0 Å². The molecule has 1 aromatic carbocycles. The molecule has 0 aliphatic heterocycles. The van der Waals surface area contributed by atoms with E-state index in [1.54, 1.807) is 23.6 Å². The highest BCUT2D eigenvalue weighted by atomic mass is 32.1. The first-order valence-corrected chi connectivity index (χ1v) is 9.30. The number of carbonyl (C=O) groups is 1. The van der Waals surface area contributed by atoms with Gasteiger partial charge in [0.1, 0.15) is 28.6 Å². The fourth-order valence-corrected chi connectivity index (χ4v) is 3.76. The van der Waals surface area contributed by atoms with E-state index in [2.05, 4.69) is 5.32 Å². The van der Waals surface area contributed by atoms with Gasteiger partial charge in [-0.1, -0.05) is 0 Å². The molecule has 148 valence electrons. The molecule has 0 saturated carbocycles. The van der Waals surface area contributed by atoms with Crippen LogP contribution in [0.2, 0.25) is 0 Å². The average molecular weight is 417 g/mol. The fourth-order valence-electron chi connectivity index (χ4n) is 2.93. The van der Waals surface area contributed by atoms with Crippen molar-refractivity contribution in [3.8, 4) is 5.69 Å². The number of aromatic nitrogens is 2. The number of hydrogen-bond donors (Lipinski definition) is 1. The maximum absolute atomic E-state index is 13.6. The summed E-state index contributed by atoms with van der Waals surface area (Å²) in [4.78, 5) is 38.1. The number of rotatable bonds is 5. The second kappa shape index (κ2) is 7.47. The van der Waals surface area contributed by atoms with Crippen LogP contribution in [0.25, 0.3) is 15.9 Å². The molecule has 29 heavy (non-hydrogen) atoms. The number of amides is 1. The minimum atomic E-state index is -0.930. The number of benzene rings is 1. The van der Waals surface area contributed by atoms with Crippen molar-refractivity contribution in [2.24, 2.45) is 0 Å². The summed E-state index contributed by atoms with van der Waals surface area (Å²) in [6.45, 7) is -0.257. The lowest BCUT2D eigenvalue weighted by molar-refractivity contribution is -0.121. The summed E-state index contributed by atoms with van der Waals surface area (Å²) < 4.78 is 34.4. The van der Waals surface area contributed by atoms with E-state index in [4.69, 9.17) is 4.42 Å². The Bertz CT molecular complexity index is 1300.